The number of thioether (sulfide) groups is 1. The summed E-state index contributed by atoms with van der Waals surface area (Å²) in [5, 5.41) is 3.33. The van der Waals surface area contributed by atoms with Gasteiger partial charge in [-0.15, -0.1) is 11.8 Å². The van der Waals surface area contributed by atoms with Crippen LogP contribution < -0.4 is 5.32 Å². The Morgan fingerprint density at radius 1 is 0.900 bits per heavy atom. The van der Waals surface area contributed by atoms with Crippen LogP contribution in [0.2, 0.25) is 0 Å². The Morgan fingerprint density at radius 3 is 2.40 bits per heavy atom. The second-order valence-corrected chi connectivity index (χ2v) is 13.1. The molecule has 12 heteroatoms. The maximum Gasteiger partial charge on any atom is 0.228 e. The first-order valence-electron chi connectivity index (χ1n) is 12.5. The minimum atomic E-state index is -3.54. The van der Waals surface area contributed by atoms with Crippen LogP contribution in [0.3, 0.4) is 0 Å². The summed E-state index contributed by atoms with van der Waals surface area (Å²) < 4.78 is 25.4. The first kappa shape index (κ1) is 26.4. The average molecular weight is 586 g/mol. The maximum atomic E-state index is 12.7. The molecule has 2 aromatic carbocycles. The molecule has 200 valence electrons. The van der Waals surface area contributed by atoms with Gasteiger partial charge >= 0.3 is 0 Å². The van der Waals surface area contributed by atoms with Crippen molar-refractivity contribution in [1.29, 1.82) is 0 Å². The van der Waals surface area contributed by atoms with Crippen molar-refractivity contribution in [2.45, 2.75) is 39.7 Å². The van der Waals surface area contributed by atoms with Gasteiger partial charge in [-0.3, -0.25) is 4.99 Å². The number of nitrogens with one attached hydrogen (secondary N) is 1. The predicted octanol–water partition coefficient (Wildman–Crippen LogP) is 4.46. The molecule has 4 heterocycles. The first-order valence-corrected chi connectivity index (χ1v) is 15.4. The quantitative estimate of drug-likeness (QED) is 0.299. The van der Waals surface area contributed by atoms with E-state index in [2.05, 4.69) is 47.4 Å². The molecule has 0 spiro atoms. The highest BCUT2D eigenvalue weighted by Gasteiger charge is 2.38. The molecule has 2 aliphatic heterocycles. The lowest BCUT2D eigenvalue weighted by Crippen LogP contribution is -2.31. The van der Waals surface area contributed by atoms with Gasteiger partial charge in [0.2, 0.25) is 5.95 Å². The van der Waals surface area contributed by atoms with Gasteiger partial charge < -0.3 is 5.32 Å². The smallest absolute Gasteiger partial charge is 0.228 e. The zero-order valence-corrected chi connectivity index (χ0v) is 23.5. The molecule has 0 radical (unpaired) electrons. The number of amidine groups is 1. The number of hydrogen-bond acceptors (Lipinski definition) is 11. The molecule has 0 bridgehead atoms. The number of rotatable bonds is 8. The summed E-state index contributed by atoms with van der Waals surface area (Å²) in [6.45, 7) is 0. The first-order chi connectivity index (χ1) is 19.4. The van der Waals surface area contributed by atoms with E-state index in [4.69, 9.17) is 12.2 Å². The number of benzene rings is 2. The standard InChI is InChI=1S/C28H23N7O2S3/c36-40(37,16-24-29-10-3-11-30-24)21-8-6-18(7-9-21)12-20(38)13-19-14-31-28(32-15-19)35-27-26-25(33-17-34-27)22-4-1-2-5-23(22)39-26/h1-11,14-15,17,25-26H,12-13,16H2,(H,31,32,33,34,35). The third-order valence-electron chi connectivity index (χ3n) is 6.44. The summed E-state index contributed by atoms with van der Waals surface area (Å²) in [7, 11) is -3.54. The molecule has 0 saturated carbocycles. The molecule has 2 atom stereocenters. The maximum absolute atomic E-state index is 12.7. The van der Waals surface area contributed by atoms with E-state index in [1.165, 1.54) is 22.9 Å². The lowest BCUT2D eigenvalue weighted by atomic mass is 10.0. The number of fused-ring (bicyclic) bond motifs is 3. The molecule has 4 aromatic rings. The molecule has 40 heavy (non-hydrogen) atoms. The summed E-state index contributed by atoms with van der Waals surface area (Å²) >= 11 is 7.36. The molecule has 0 aliphatic carbocycles. The van der Waals surface area contributed by atoms with E-state index in [1.54, 1.807) is 60.8 Å². The third kappa shape index (κ3) is 5.83. The number of sulfone groups is 1. The predicted molar refractivity (Wildman–Crippen MR) is 160 cm³/mol. The monoisotopic (exact) mass is 585 g/mol. The van der Waals surface area contributed by atoms with Crippen LogP contribution in [-0.2, 0) is 28.4 Å². The van der Waals surface area contributed by atoms with E-state index in [1.807, 2.05) is 12.1 Å². The van der Waals surface area contributed by atoms with Crippen LogP contribution in [0.1, 0.15) is 28.6 Å². The van der Waals surface area contributed by atoms with Gasteiger partial charge in [-0.2, -0.15) is 0 Å². The summed E-state index contributed by atoms with van der Waals surface area (Å²) in [6.07, 6.45) is 9.24. The largest absolute Gasteiger partial charge is 0.311 e. The molecule has 2 aromatic heterocycles. The van der Waals surface area contributed by atoms with Crippen molar-refractivity contribution in [2.75, 3.05) is 5.32 Å². The second kappa shape index (κ2) is 11.3. The van der Waals surface area contributed by atoms with E-state index in [-0.39, 0.29) is 27.8 Å². The molecule has 0 saturated heterocycles. The van der Waals surface area contributed by atoms with Gasteiger partial charge in [0, 0.05) is 47.4 Å². The zero-order chi connectivity index (χ0) is 27.5. The fraction of sp³-hybridized carbons (Fsp3) is 0.179. The lowest BCUT2D eigenvalue weighted by molar-refractivity contribution is 0.593. The van der Waals surface area contributed by atoms with Crippen molar-refractivity contribution in [2.24, 2.45) is 9.98 Å². The summed E-state index contributed by atoms with van der Waals surface area (Å²) in [5.41, 5.74) is 3.04. The Kier molecular flexibility index (Phi) is 7.46. The van der Waals surface area contributed by atoms with Crippen LogP contribution in [0.25, 0.3) is 0 Å². The topological polar surface area (TPSA) is 122 Å². The average Bonchev–Trinajstić information content (AvgIpc) is 3.35. The van der Waals surface area contributed by atoms with Gasteiger partial charge in [-0.25, -0.2) is 33.3 Å². The van der Waals surface area contributed by atoms with Gasteiger partial charge in [0.15, 0.2) is 9.84 Å². The summed E-state index contributed by atoms with van der Waals surface area (Å²) in [4.78, 5) is 28.2. The fourth-order valence-corrected chi connectivity index (χ4v) is 7.39. The number of thiocarbonyl (C=S) groups is 1. The summed E-state index contributed by atoms with van der Waals surface area (Å²) in [5.74, 6) is 1.28. The minimum absolute atomic E-state index is 0.0323. The van der Waals surface area contributed by atoms with E-state index in [9.17, 15) is 8.42 Å². The molecular formula is C28H23N7O2S3. The van der Waals surface area contributed by atoms with Crippen LogP contribution in [0, 0.1) is 0 Å². The van der Waals surface area contributed by atoms with Crippen molar-refractivity contribution in [3.05, 3.63) is 102 Å². The Bertz CT molecular complexity index is 1710. The van der Waals surface area contributed by atoms with E-state index < -0.39 is 9.84 Å². The molecule has 9 nitrogen and oxygen atoms in total. The van der Waals surface area contributed by atoms with Gasteiger partial charge in [0.25, 0.3) is 0 Å². The van der Waals surface area contributed by atoms with Gasteiger partial charge in [-0.05, 0) is 41.0 Å². The fourth-order valence-electron chi connectivity index (χ4n) is 4.52. The molecular weight excluding hydrogens is 563 g/mol. The van der Waals surface area contributed by atoms with Crippen molar-refractivity contribution in [3.63, 3.8) is 0 Å². The van der Waals surface area contributed by atoms with Crippen LogP contribution in [0.5, 0.6) is 0 Å². The molecule has 0 amide bonds. The minimum Gasteiger partial charge on any atom is -0.311 e. The highest BCUT2D eigenvalue weighted by atomic mass is 32.2. The highest BCUT2D eigenvalue weighted by Crippen LogP contribution is 2.47. The Labute approximate surface area is 241 Å². The number of hydrogen-bond donors (Lipinski definition) is 1. The van der Waals surface area contributed by atoms with Gasteiger partial charge in [-0.1, -0.05) is 42.5 Å². The van der Waals surface area contributed by atoms with Gasteiger partial charge in [0.1, 0.15) is 23.8 Å². The van der Waals surface area contributed by atoms with Crippen molar-refractivity contribution in [1.82, 2.24) is 19.9 Å². The summed E-state index contributed by atoms with van der Waals surface area (Å²) in [6, 6.07) is 16.7. The number of aromatic nitrogens is 4. The van der Waals surface area contributed by atoms with Crippen LogP contribution in [-0.4, -0.2) is 50.6 Å². The third-order valence-corrected chi connectivity index (χ3v) is 9.72. The van der Waals surface area contributed by atoms with Gasteiger partial charge in [0.05, 0.1) is 16.2 Å². The van der Waals surface area contributed by atoms with Crippen molar-refractivity contribution in [3.8, 4) is 0 Å². The van der Waals surface area contributed by atoms with E-state index in [0.29, 0.717) is 18.8 Å². The van der Waals surface area contributed by atoms with Crippen molar-refractivity contribution < 1.29 is 8.42 Å². The second-order valence-electron chi connectivity index (χ2n) is 9.30. The van der Waals surface area contributed by atoms with Crippen LogP contribution in [0.4, 0.5) is 5.95 Å². The highest BCUT2D eigenvalue weighted by molar-refractivity contribution is 8.01. The lowest BCUT2D eigenvalue weighted by Gasteiger charge is -2.21. The Morgan fingerprint density at radius 2 is 1.62 bits per heavy atom. The molecule has 6 rings (SSSR count). The molecule has 0 fully saturated rings. The van der Waals surface area contributed by atoms with Crippen LogP contribution in [0.15, 0.2) is 99.2 Å². The van der Waals surface area contributed by atoms with Crippen molar-refractivity contribution >= 4 is 56.8 Å². The van der Waals surface area contributed by atoms with E-state index >= 15 is 0 Å². The Hall–Kier alpha value is -3.87. The molecule has 1 N–H and O–H groups in total. The Balaban J connectivity index is 1.04. The normalized spacial score (nSPS) is 17.6. The SMILES string of the molecule is O=S(=O)(Cc1ncccn1)c1ccc(CC(=S)Cc2cnc(NC3=NC=NC4c5ccccc5SC34)nc2)cc1. The molecule has 2 aliphatic rings. The van der Waals surface area contributed by atoms with Crippen LogP contribution >= 0.6 is 24.0 Å². The number of aliphatic imine (C=N–C) groups is 2. The number of nitrogens with zero attached hydrogens (tertiary/aromatic N) is 6. The number of anilines is 1. The molecule has 2 unspecified atom stereocenters. The zero-order valence-electron chi connectivity index (χ0n) is 21.1. The van der Waals surface area contributed by atoms with E-state index in [0.717, 1.165) is 21.8 Å².